The molecule has 0 bridgehead atoms. The molecule has 2 N–H and O–H groups in total. The van der Waals surface area contributed by atoms with Gasteiger partial charge in [-0.15, -0.1) is 0 Å². The van der Waals surface area contributed by atoms with Crippen LogP contribution >= 0.6 is 0 Å². The number of nitrogens with zero attached hydrogens (tertiary/aromatic N) is 2. The molecule has 1 aliphatic rings. The first-order chi connectivity index (χ1) is 16.3. The fourth-order valence-electron chi connectivity index (χ4n) is 3.47. The third-order valence-corrected chi connectivity index (χ3v) is 5.77. The maximum Gasteiger partial charge on any atom is 0.267 e. The molecule has 1 aliphatic carbocycles. The number of carbonyl (C=O) groups excluding carboxylic acids is 2. The zero-order chi connectivity index (χ0) is 24.3. The van der Waals surface area contributed by atoms with Crippen molar-refractivity contribution in [1.29, 1.82) is 0 Å². The van der Waals surface area contributed by atoms with Gasteiger partial charge in [0, 0.05) is 11.5 Å². The molecule has 0 radical (unpaired) electrons. The Morgan fingerprint density at radius 2 is 1.94 bits per heavy atom. The van der Waals surface area contributed by atoms with Crippen molar-refractivity contribution in [1.82, 2.24) is 15.5 Å². The third-order valence-electron chi connectivity index (χ3n) is 5.77. The zero-order valence-electron chi connectivity index (χ0n) is 19.0. The van der Waals surface area contributed by atoms with E-state index in [0.29, 0.717) is 17.7 Å². The summed E-state index contributed by atoms with van der Waals surface area (Å²) in [5, 5.41) is 16.5. The van der Waals surface area contributed by atoms with Crippen molar-refractivity contribution < 1.29 is 28.3 Å². The van der Waals surface area contributed by atoms with Crippen molar-refractivity contribution in [2.24, 2.45) is 5.92 Å². The molecule has 34 heavy (non-hydrogen) atoms. The summed E-state index contributed by atoms with van der Waals surface area (Å²) in [5.41, 5.74) is -0.916. The number of ketones is 1. The van der Waals surface area contributed by atoms with Crippen LogP contribution in [-0.4, -0.2) is 33.5 Å². The second-order valence-electron chi connectivity index (χ2n) is 8.56. The first-order valence-corrected chi connectivity index (χ1v) is 11.2. The lowest BCUT2D eigenvalue weighted by molar-refractivity contribution is 0.0832. The van der Waals surface area contributed by atoms with Crippen LogP contribution < -0.4 is 10.1 Å². The summed E-state index contributed by atoms with van der Waals surface area (Å²) < 4.78 is 25.3. The molecule has 8 nitrogen and oxygen atoms in total. The predicted octanol–water partition coefficient (Wildman–Crippen LogP) is 3.97. The number of benzene rings is 2. The Hall–Kier alpha value is -3.59. The monoisotopic (exact) mass is 467 g/mol. The molecule has 4 rings (SSSR count). The average molecular weight is 467 g/mol. The largest absolute Gasteiger partial charge is 0.481 e. The number of aliphatic hydroxyl groups is 1. The Bertz CT molecular complexity index is 1180. The molecule has 0 aliphatic heterocycles. The Balaban J connectivity index is 1.47. The van der Waals surface area contributed by atoms with E-state index in [0.717, 1.165) is 12.8 Å². The molecule has 0 unspecified atom stereocenters. The molecule has 178 valence electrons. The molecular formula is C25H26FN3O5. The second kappa shape index (κ2) is 9.72. The molecule has 2 atom stereocenters. The topological polar surface area (TPSA) is 115 Å². The Labute approximate surface area is 196 Å². The van der Waals surface area contributed by atoms with E-state index in [2.05, 4.69) is 15.5 Å². The number of amides is 1. The quantitative estimate of drug-likeness (QED) is 0.434. The zero-order valence-corrected chi connectivity index (χ0v) is 19.0. The van der Waals surface area contributed by atoms with Crippen LogP contribution in [0.3, 0.4) is 0 Å². The molecule has 0 saturated heterocycles. The highest BCUT2D eigenvalue weighted by Crippen LogP contribution is 2.33. The molecular weight excluding hydrogens is 441 g/mol. The van der Waals surface area contributed by atoms with Crippen LogP contribution in [-0.2, 0) is 5.54 Å². The predicted molar refractivity (Wildman–Crippen MR) is 120 cm³/mol. The van der Waals surface area contributed by atoms with E-state index in [1.54, 1.807) is 24.3 Å². The van der Waals surface area contributed by atoms with Gasteiger partial charge in [-0.3, -0.25) is 9.59 Å². The Kier molecular flexibility index (Phi) is 6.74. The highest BCUT2D eigenvalue weighted by molar-refractivity contribution is 5.99. The number of Topliss-reactive ketones (excluding diaryl/α,β-unsaturated/α-hetero) is 1. The summed E-state index contributed by atoms with van der Waals surface area (Å²) in [6, 6.07) is 12.5. The molecule has 2 aromatic carbocycles. The van der Waals surface area contributed by atoms with Gasteiger partial charge in [0.25, 0.3) is 11.8 Å². The molecule has 1 heterocycles. The van der Waals surface area contributed by atoms with Gasteiger partial charge in [0.15, 0.2) is 17.7 Å². The van der Waals surface area contributed by atoms with E-state index < -0.39 is 30.0 Å². The van der Waals surface area contributed by atoms with Gasteiger partial charge >= 0.3 is 0 Å². The van der Waals surface area contributed by atoms with Gasteiger partial charge < -0.3 is 19.7 Å². The van der Waals surface area contributed by atoms with E-state index in [9.17, 15) is 19.1 Å². The molecule has 1 fully saturated rings. The minimum atomic E-state index is -1.41. The maximum atomic E-state index is 14.0. The summed E-state index contributed by atoms with van der Waals surface area (Å²) >= 11 is 0. The van der Waals surface area contributed by atoms with Crippen molar-refractivity contribution in [2.45, 2.75) is 44.8 Å². The maximum absolute atomic E-state index is 14.0. The van der Waals surface area contributed by atoms with Gasteiger partial charge in [0.05, 0.1) is 12.2 Å². The number of hydrogen-bond acceptors (Lipinski definition) is 7. The van der Waals surface area contributed by atoms with E-state index in [4.69, 9.17) is 9.26 Å². The molecule has 9 heteroatoms. The van der Waals surface area contributed by atoms with Crippen molar-refractivity contribution in [2.75, 3.05) is 6.61 Å². The fourth-order valence-corrected chi connectivity index (χ4v) is 3.47. The van der Waals surface area contributed by atoms with Gasteiger partial charge in [-0.2, -0.15) is 4.98 Å². The average Bonchev–Trinajstić information content (AvgIpc) is 3.58. The summed E-state index contributed by atoms with van der Waals surface area (Å²) in [4.78, 5) is 29.1. The van der Waals surface area contributed by atoms with Crippen molar-refractivity contribution in [3.63, 3.8) is 0 Å². The number of aliphatic hydroxyl groups excluding tert-OH is 1. The molecule has 0 spiro atoms. The number of aromatic nitrogens is 2. The lowest BCUT2D eigenvalue weighted by Crippen LogP contribution is -2.47. The first kappa shape index (κ1) is 23.6. The van der Waals surface area contributed by atoms with Gasteiger partial charge in [0.1, 0.15) is 17.1 Å². The highest BCUT2D eigenvalue weighted by atomic mass is 19.1. The van der Waals surface area contributed by atoms with E-state index in [1.807, 2.05) is 6.92 Å². The molecule has 1 saturated carbocycles. The van der Waals surface area contributed by atoms with Crippen LogP contribution in [0.5, 0.6) is 5.75 Å². The van der Waals surface area contributed by atoms with E-state index >= 15 is 0 Å². The molecule has 1 amide bonds. The fraction of sp³-hybridized carbons (Fsp3) is 0.360. The highest BCUT2D eigenvalue weighted by Gasteiger charge is 2.35. The van der Waals surface area contributed by atoms with Crippen molar-refractivity contribution in [3.05, 3.63) is 77.2 Å². The number of rotatable bonds is 10. The standard InChI is InChI=1S/C25H26FN3O5/c1-3-20(33-17-12-10-16(11-13-17)21(31)15-8-9-15)23-27-24(29-34-23)25(2,14-30)28-22(32)18-6-4-5-7-19(18)26/h4-7,10-13,15,20,30H,3,8-9,14H2,1-2H3,(H,28,32)/t20-,25+/m1/s1. The third kappa shape index (κ3) is 4.99. The van der Waals surface area contributed by atoms with Crippen LogP contribution in [0.2, 0.25) is 0 Å². The van der Waals surface area contributed by atoms with Gasteiger partial charge in [-0.05, 0) is 62.6 Å². The molecule has 3 aromatic rings. The second-order valence-corrected chi connectivity index (χ2v) is 8.56. The van der Waals surface area contributed by atoms with Crippen molar-refractivity contribution >= 4 is 11.7 Å². The van der Waals surface area contributed by atoms with Crippen molar-refractivity contribution in [3.8, 4) is 5.75 Å². The van der Waals surface area contributed by atoms with E-state index in [1.165, 1.54) is 31.2 Å². The number of nitrogens with one attached hydrogen (secondary N) is 1. The normalized spacial score (nSPS) is 15.9. The van der Waals surface area contributed by atoms with Crippen LogP contribution in [0.4, 0.5) is 4.39 Å². The summed E-state index contributed by atoms with van der Waals surface area (Å²) in [6.45, 7) is 2.85. The number of hydrogen-bond donors (Lipinski definition) is 2. The molecule has 1 aromatic heterocycles. The number of carbonyl (C=O) groups is 2. The minimum absolute atomic E-state index is 0.0297. The lowest BCUT2D eigenvalue weighted by Gasteiger charge is -2.25. The van der Waals surface area contributed by atoms with Gasteiger partial charge in [0.2, 0.25) is 0 Å². The first-order valence-electron chi connectivity index (χ1n) is 11.2. The Morgan fingerprint density at radius 3 is 2.56 bits per heavy atom. The van der Waals surface area contributed by atoms with Crippen LogP contribution in [0.25, 0.3) is 0 Å². The summed E-state index contributed by atoms with van der Waals surface area (Å²) in [6.07, 6.45) is 1.81. The van der Waals surface area contributed by atoms with Gasteiger partial charge in [-0.1, -0.05) is 24.2 Å². The smallest absolute Gasteiger partial charge is 0.267 e. The van der Waals surface area contributed by atoms with E-state index in [-0.39, 0.29) is 29.0 Å². The number of halogens is 1. The van der Waals surface area contributed by atoms with Crippen LogP contribution in [0.15, 0.2) is 53.1 Å². The van der Waals surface area contributed by atoms with Gasteiger partial charge in [-0.25, -0.2) is 4.39 Å². The van der Waals surface area contributed by atoms with Crippen LogP contribution in [0, 0.1) is 11.7 Å². The number of ether oxygens (including phenoxy) is 1. The van der Waals surface area contributed by atoms with Crippen LogP contribution in [0.1, 0.15) is 71.6 Å². The SMILES string of the molecule is CC[C@@H](Oc1ccc(C(=O)C2CC2)cc1)c1nc([C@](C)(CO)NC(=O)c2ccccc2F)no1. The summed E-state index contributed by atoms with van der Waals surface area (Å²) in [5.74, 6) is -0.370. The Morgan fingerprint density at radius 1 is 1.24 bits per heavy atom. The minimum Gasteiger partial charge on any atom is -0.481 e. The summed E-state index contributed by atoms with van der Waals surface area (Å²) in [7, 11) is 0. The lowest BCUT2D eigenvalue weighted by atomic mass is 10.0.